The number of halogens is 1. The molecule has 3 aromatic rings. The van der Waals surface area contributed by atoms with Gasteiger partial charge in [-0.1, -0.05) is 66.2 Å². The molecular formula is C24H20ClNO6S. The van der Waals surface area contributed by atoms with Gasteiger partial charge in [0.05, 0.1) is 4.90 Å². The van der Waals surface area contributed by atoms with Crippen LogP contribution < -0.4 is 0 Å². The second-order valence-electron chi connectivity index (χ2n) is 7.83. The summed E-state index contributed by atoms with van der Waals surface area (Å²) in [5.41, 5.74) is 0.326. The highest BCUT2D eigenvalue weighted by molar-refractivity contribution is 7.89. The van der Waals surface area contributed by atoms with Gasteiger partial charge in [-0.25, -0.2) is 8.42 Å². The van der Waals surface area contributed by atoms with E-state index in [0.717, 1.165) is 11.1 Å². The summed E-state index contributed by atoms with van der Waals surface area (Å²) in [6.45, 7) is -0.961. The van der Waals surface area contributed by atoms with E-state index in [4.69, 9.17) is 11.6 Å². The number of sulfonamides is 1. The van der Waals surface area contributed by atoms with Crippen molar-refractivity contribution >= 4 is 33.6 Å². The number of carboxylic acids is 2. The highest BCUT2D eigenvalue weighted by atomic mass is 35.5. The third-order valence-corrected chi connectivity index (χ3v) is 8.00. The molecule has 1 aliphatic carbocycles. The van der Waals surface area contributed by atoms with Gasteiger partial charge >= 0.3 is 11.9 Å². The molecule has 0 bridgehead atoms. The molecule has 0 heterocycles. The quantitative estimate of drug-likeness (QED) is 0.497. The molecule has 3 aromatic carbocycles. The van der Waals surface area contributed by atoms with Crippen molar-refractivity contribution in [1.29, 1.82) is 0 Å². The molecule has 2 N–H and O–H groups in total. The number of rotatable bonds is 8. The van der Waals surface area contributed by atoms with Crippen LogP contribution in [0.5, 0.6) is 0 Å². The first kappa shape index (κ1) is 23.0. The van der Waals surface area contributed by atoms with Crippen LogP contribution in [-0.2, 0) is 19.6 Å². The lowest BCUT2D eigenvalue weighted by Gasteiger charge is -2.28. The maximum absolute atomic E-state index is 13.5. The first-order valence-corrected chi connectivity index (χ1v) is 11.9. The topological polar surface area (TPSA) is 112 Å². The molecule has 2 atom stereocenters. The number of carbonyl (C=O) groups is 2. The fourth-order valence-corrected chi connectivity index (χ4v) is 5.95. The zero-order valence-corrected chi connectivity index (χ0v) is 18.8. The molecule has 1 saturated carbocycles. The molecular weight excluding hydrogens is 466 g/mol. The molecule has 7 nitrogen and oxygen atoms in total. The molecule has 1 fully saturated rings. The van der Waals surface area contributed by atoms with Crippen LogP contribution in [0.4, 0.5) is 0 Å². The Labute approximate surface area is 195 Å². The summed E-state index contributed by atoms with van der Waals surface area (Å²) in [7, 11) is -4.43. The van der Waals surface area contributed by atoms with E-state index in [1.165, 1.54) is 12.1 Å². The van der Waals surface area contributed by atoms with Gasteiger partial charge in [0.25, 0.3) is 0 Å². The molecule has 0 aromatic heterocycles. The summed E-state index contributed by atoms with van der Waals surface area (Å²) in [6.07, 6.45) is -0.0122. The maximum atomic E-state index is 13.5. The summed E-state index contributed by atoms with van der Waals surface area (Å²) < 4.78 is 27.6. The van der Waals surface area contributed by atoms with Crippen LogP contribution in [0.25, 0.3) is 11.1 Å². The van der Waals surface area contributed by atoms with Crippen molar-refractivity contribution in [2.75, 3.05) is 6.54 Å². The van der Waals surface area contributed by atoms with Crippen molar-refractivity contribution in [3.8, 4) is 11.1 Å². The predicted octanol–water partition coefficient (Wildman–Crippen LogP) is 4.09. The van der Waals surface area contributed by atoms with Crippen LogP contribution in [0.15, 0.2) is 83.8 Å². The van der Waals surface area contributed by atoms with Gasteiger partial charge in [0.15, 0.2) is 0 Å². The molecule has 170 valence electrons. The first-order chi connectivity index (χ1) is 15.7. The van der Waals surface area contributed by atoms with Gasteiger partial charge in [-0.15, -0.1) is 0 Å². The van der Waals surface area contributed by atoms with Crippen molar-refractivity contribution in [2.24, 2.45) is 0 Å². The van der Waals surface area contributed by atoms with E-state index in [-0.39, 0.29) is 11.3 Å². The summed E-state index contributed by atoms with van der Waals surface area (Å²) in [5, 5.41) is 20.0. The van der Waals surface area contributed by atoms with Crippen molar-refractivity contribution in [3.63, 3.8) is 0 Å². The highest BCUT2D eigenvalue weighted by Gasteiger charge is 2.68. The van der Waals surface area contributed by atoms with E-state index < -0.39 is 40.0 Å². The third-order valence-electron chi connectivity index (χ3n) is 5.85. The van der Waals surface area contributed by atoms with E-state index in [1.807, 2.05) is 0 Å². The van der Waals surface area contributed by atoms with Crippen LogP contribution in [0, 0.1) is 0 Å². The lowest BCUT2D eigenvalue weighted by Crippen LogP contribution is -2.50. The van der Waals surface area contributed by atoms with E-state index in [0.29, 0.717) is 14.9 Å². The molecule has 33 heavy (non-hydrogen) atoms. The lowest BCUT2D eigenvalue weighted by molar-refractivity contribution is -0.145. The Balaban J connectivity index is 1.73. The average Bonchev–Trinajstić information content (AvgIpc) is 3.55. The fraction of sp³-hybridized carbons (Fsp3) is 0.167. The first-order valence-electron chi connectivity index (χ1n) is 10.1. The zero-order chi connectivity index (χ0) is 23.8. The van der Waals surface area contributed by atoms with Gasteiger partial charge in [-0.3, -0.25) is 9.59 Å². The average molecular weight is 486 g/mol. The van der Waals surface area contributed by atoms with Crippen LogP contribution in [0.1, 0.15) is 17.9 Å². The smallest absolute Gasteiger partial charge is 0.325 e. The molecule has 0 aliphatic heterocycles. The SMILES string of the molecule is O=C(O)CN([C@@]1(C(=O)O)C[C@@H]1c1ccccc1)S(=O)(=O)c1ccc(-c2ccc(Cl)cc2)cc1. The number of hydrogen-bond donors (Lipinski definition) is 2. The zero-order valence-electron chi connectivity index (χ0n) is 17.3. The van der Waals surface area contributed by atoms with Crippen LogP contribution in [0.2, 0.25) is 5.02 Å². The molecule has 0 spiro atoms. The summed E-state index contributed by atoms with van der Waals surface area (Å²) in [5.74, 6) is -3.46. The number of aliphatic carboxylic acids is 2. The second-order valence-corrected chi connectivity index (χ2v) is 10.1. The normalized spacial score (nSPS) is 19.9. The van der Waals surface area contributed by atoms with Crippen LogP contribution in [0.3, 0.4) is 0 Å². The summed E-state index contributed by atoms with van der Waals surface area (Å²) in [4.78, 5) is 23.7. The molecule has 1 aliphatic rings. The highest BCUT2D eigenvalue weighted by Crippen LogP contribution is 2.57. The van der Waals surface area contributed by atoms with Crippen LogP contribution >= 0.6 is 11.6 Å². The monoisotopic (exact) mass is 485 g/mol. The van der Waals surface area contributed by atoms with E-state index in [9.17, 15) is 28.2 Å². The van der Waals surface area contributed by atoms with Crippen molar-refractivity contribution in [1.82, 2.24) is 4.31 Å². The van der Waals surface area contributed by atoms with Crippen molar-refractivity contribution in [3.05, 3.63) is 89.4 Å². The molecule has 4 rings (SSSR count). The van der Waals surface area contributed by atoms with Gasteiger partial charge in [-0.05, 0) is 47.4 Å². The van der Waals surface area contributed by atoms with Crippen molar-refractivity contribution < 1.29 is 28.2 Å². The standard InChI is InChI=1S/C24H20ClNO6S/c25-19-10-6-16(7-11-19)17-8-12-20(13-9-17)33(31,32)26(15-22(27)28)24(23(29)30)14-21(24)18-4-2-1-3-5-18/h1-13,21H,14-15H2,(H,27,28)(H,29,30)/t21-,24+/m1/s1. The predicted molar refractivity (Wildman–Crippen MR) is 123 cm³/mol. The van der Waals surface area contributed by atoms with Gasteiger partial charge < -0.3 is 10.2 Å². The molecule has 0 radical (unpaired) electrons. The van der Waals surface area contributed by atoms with Gasteiger partial charge in [0.2, 0.25) is 10.0 Å². The van der Waals surface area contributed by atoms with E-state index in [1.54, 1.807) is 66.7 Å². The van der Waals surface area contributed by atoms with Gasteiger partial charge in [0, 0.05) is 10.9 Å². The summed E-state index contributed by atoms with van der Waals surface area (Å²) >= 11 is 5.91. The lowest BCUT2D eigenvalue weighted by atomic mass is 10.1. The van der Waals surface area contributed by atoms with E-state index >= 15 is 0 Å². The molecule has 0 saturated heterocycles. The number of hydrogen-bond acceptors (Lipinski definition) is 4. The second kappa shape index (κ2) is 8.62. The minimum atomic E-state index is -4.43. The summed E-state index contributed by atoms with van der Waals surface area (Å²) in [6, 6.07) is 21.5. The number of benzene rings is 3. The minimum Gasteiger partial charge on any atom is -0.480 e. The third kappa shape index (κ3) is 4.25. The van der Waals surface area contributed by atoms with Crippen molar-refractivity contribution in [2.45, 2.75) is 22.8 Å². The largest absolute Gasteiger partial charge is 0.480 e. The number of nitrogens with zero attached hydrogens (tertiary/aromatic N) is 1. The Morgan fingerprint density at radius 2 is 1.45 bits per heavy atom. The maximum Gasteiger partial charge on any atom is 0.325 e. The molecule has 0 unspecified atom stereocenters. The Morgan fingerprint density at radius 1 is 0.909 bits per heavy atom. The molecule has 0 amide bonds. The fourth-order valence-electron chi connectivity index (χ4n) is 4.10. The van der Waals surface area contributed by atoms with Gasteiger partial charge in [0.1, 0.15) is 12.1 Å². The Bertz CT molecular complexity index is 1290. The molecule has 9 heteroatoms. The van der Waals surface area contributed by atoms with Gasteiger partial charge in [-0.2, -0.15) is 4.31 Å². The van der Waals surface area contributed by atoms with E-state index in [2.05, 4.69) is 0 Å². The van der Waals surface area contributed by atoms with Crippen LogP contribution in [-0.4, -0.2) is 47.0 Å². The number of carboxylic acid groups (broad SMARTS) is 2. The Kier molecular flexibility index (Phi) is 6.00. The minimum absolute atomic E-state index is 0.0122. The Hall–Kier alpha value is -3.20. The Morgan fingerprint density at radius 3 is 1.97 bits per heavy atom.